The molecule has 0 bridgehead atoms. The monoisotopic (exact) mass is 550 g/mol. The molecule has 3 aromatic rings. The van der Waals surface area contributed by atoms with Crippen LogP contribution < -0.4 is 20.1 Å². The van der Waals surface area contributed by atoms with E-state index in [1.807, 2.05) is 42.8 Å². The van der Waals surface area contributed by atoms with Crippen LogP contribution in [0.4, 0.5) is 5.69 Å². The summed E-state index contributed by atoms with van der Waals surface area (Å²) in [5, 5.41) is 6.84. The second-order valence-corrected chi connectivity index (χ2v) is 8.08. The molecule has 6 nitrogen and oxygen atoms in total. The number of thiazole rings is 1. The number of aliphatic imine (C=N–C) groups is 1. The molecule has 1 aromatic heterocycles. The summed E-state index contributed by atoms with van der Waals surface area (Å²) in [4.78, 5) is 10.3. The van der Waals surface area contributed by atoms with Gasteiger partial charge in [0.05, 0.1) is 37.5 Å². The van der Waals surface area contributed by atoms with Gasteiger partial charge in [0.25, 0.3) is 0 Å². The van der Waals surface area contributed by atoms with Gasteiger partial charge >= 0.3 is 0 Å². The highest BCUT2D eigenvalue weighted by Gasteiger charge is 2.12. The summed E-state index contributed by atoms with van der Waals surface area (Å²) in [5.74, 6) is 2.25. The number of halogens is 1. The molecular weight excluding hydrogens is 523 g/mol. The number of nitrogens with one attached hydrogen (secondary N) is 2. The van der Waals surface area contributed by atoms with Crippen molar-refractivity contribution in [3.63, 3.8) is 0 Å². The number of benzene rings is 2. The number of hydrogen-bond donors (Lipinski definition) is 2. The predicted octanol–water partition coefficient (Wildman–Crippen LogP) is 5.30. The Morgan fingerprint density at radius 1 is 1.10 bits per heavy atom. The molecule has 2 N–H and O–H groups in total. The third-order valence-corrected chi connectivity index (χ3v) is 5.88. The largest absolute Gasteiger partial charge is 0.490 e. The lowest BCUT2D eigenvalue weighted by Gasteiger charge is -2.15. The smallest absolute Gasteiger partial charge is 0.196 e. The lowest BCUT2D eigenvalue weighted by molar-refractivity contribution is 0.297. The molecule has 0 aliphatic carbocycles. The van der Waals surface area contributed by atoms with Gasteiger partial charge in [-0.1, -0.05) is 24.3 Å². The van der Waals surface area contributed by atoms with E-state index >= 15 is 0 Å². The summed E-state index contributed by atoms with van der Waals surface area (Å²) in [6.07, 6.45) is 0.885. The second-order valence-electron chi connectivity index (χ2n) is 7.14. The van der Waals surface area contributed by atoms with Crippen LogP contribution in [-0.4, -0.2) is 24.2 Å². The van der Waals surface area contributed by atoms with Gasteiger partial charge in [-0.05, 0) is 37.1 Å². The van der Waals surface area contributed by atoms with E-state index in [-0.39, 0.29) is 24.0 Å². The Kier molecular flexibility index (Phi) is 8.53. The fraction of sp³-hybridized carbons (Fsp3) is 0.304. The molecule has 0 atom stereocenters. The molecule has 0 radical (unpaired) electrons. The Morgan fingerprint density at radius 3 is 2.68 bits per heavy atom. The Labute approximate surface area is 204 Å². The minimum atomic E-state index is 0. The standard InChI is InChI=1S/C23H26N4O2S.HI/c1-16-6-3-4-7-18(16)13-24-23(25-14-22-17(2)26-15-30-22)27-19-8-9-20-21(12-19)29-11-5-10-28-20;/h3-4,6-9,12,15H,5,10-11,13-14H2,1-2H3,(H2,24,25,27);1H. The first kappa shape index (κ1) is 23.3. The molecule has 0 amide bonds. The van der Waals surface area contributed by atoms with Crippen molar-refractivity contribution in [1.29, 1.82) is 0 Å². The maximum Gasteiger partial charge on any atom is 0.196 e. The lowest BCUT2D eigenvalue weighted by Crippen LogP contribution is -2.30. The number of ether oxygens (including phenoxy) is 2. The fourth-order valence-corrected chi connectivity index (χ4v) is 3.85. The molecule has 2 heterocycles. The van der Waals surface area contributed by atoms with Crippen LogP contribution in [0.15, 0.2) is 53.0 Å². The Bertz CT molecular complexity index is 1040. The van der Waals surface area contributed by atoms with Crippen LogP contribution >= 0.6 is 35.3 Å². The minimum absolute atomic E-state index is 0. The van der Waals surface area contributed by atoms with Crippen LogP contribution in [0.2, 0.25) is 0 Å². The topological polar surface area (TPSA) is 67.8 Å². The average Bonchev–Trinajstić information content (AvgIpc) is 3.02. The van der Waals surface area contributed by atoms with Gasteiger partial charge in [0.2, 0.25) is 0 Å². The summed E-state index contributed by atoms with van der Waals surface area (Å²) in [5.41, 5.74) is 6.24. The van der Waals surface area contributed by atoms with Crippen LogP contribution in [0.25, 0.3) is 0 Å². The summed E-state index contributed by atoms with van der Waals surface area (Å²) >= 11 is 1.64. The third kappa shape index (κ3) is 6.33. The van der Waals surface area contributed by atoms with Crippen molar-refractivity contribution in [2.75, 3.05) is 18.5 Å². The average molecular weight is 550 g/mol. The highest BCUT2D eigenvalue weighted by Crippen LogP contribution is 2.32. The molecule has 8 heteroatoms. The maximum atomic E-state index is 5.82. The molecule has 0 saturated heterocycles. The molecule has 164 valence electrons. The Morgan fingerprint density at radius 2 is 1.90 bits per heavy atom. The lowest BCUT2D eigenvalue weighted by atomic mass is 10.1. The van der Waals surface area contributed by atoms with E-state index in [4.69, 9.17) is 14.5 Å². The summed E-state index contributed by atoms with van der Waals surface area (Å²) < 4.78 is 11.6. The molecule has 0 saturated carbocycles. The maximum absolute atomic E-state index is 5.82. The van der Waals surface area contributed by atoms with E-state index in [9.17, 15) is 0 Å². The first-order valence-corrected chi connectivity index (χ1v) is 11.0. The van der Waals surface area contributed by atoms with E-state index < -0.39 is 0 Å². The van der Waals surface area contributed by atoms with Crippen LogP contribution in [0.1, 0.15) is 28.1 Å². The van der Waals surface area contributed by atoms with Crippen molar-refractivity contribution in [3.05, 3.63) is 69.7 Å². The van der Waals surface area contributed by atoms with Gasteiger partial charge in [0.1, 0.15) is 0 Å². The number of hydrogen-bond acceptors (Lipinski definition) is 5. The molecule has 1 aliphatic heterocycles. The van der Waals surface area contributed by atoms with Crippen LogP contribution in [0, 0.1) is 13.8 Å². The molecule has 0 spiro atoms. The van der Waals surface area contributed by atoms with Crippen molar-refractivity contribution in [2.24, 2.45) is 4.99 Å². The van der Waals surface area contributed by atoms with Gasteiger partial charge < -0.3 is 20.1 Å². The number of rotatable bonds is 5. The molecule has 4 rings (SSSR count). The first-order chi connectivity index (χ1) is 14.7. The van der Waals surface area contributed by atoms with Gasteiger partial charge in [0.15, 0.2) is 17.5 Å². The third-order valence-electron chi connectivity index (χ3n) is 4.94. The highest BCUT2D eigenvalue weighted by atomic mass is 127. The van der Waals surface area contributed by atoms with Crippen LogP contribution in [0.5, 0.6) is 11.5 Å². The predicted molar refractivity (Wildman–Crippen MR) is 137 cm³/mol. The SMILES string of the molecule is Cc1ccccc1CN=C(NCc1scnc1C)Nc1ccc2c(c1)OCCCO2.I. The number of aryl methyl sites for hydroxylation is 2. The van der Waals surface area contributed by atoms with Gasteiger partial charge in [-0.3, -0.25) is 0 Å². The zero-order valence-electron chi connectivity index (χ0n) is 17.7. The van der Waals surface area contributed by atoms with Gasteiger partial charge in [-0.15, -0.1) is 35.3 Å². The molecular formula is C23H27IN4O2S. The molecule has 31 heavy (non-hydrogen) atoms. The molecule has 0 fully saturated rings. The van der Waals surface area contributed by atoms with Crippen molar-refractivity contribution >= 4 is 47.0 Å². The van der Waals surface area contributed by atoms with Crippen molar-refractivity contribution in [1.82, 2.24) is 10.3 Å². The molecule has 2 aromatic carbocycles. The summed E-state index contributed by atoms with van der Waals surface area (Å²) in [6, 6.07) is 14.2. The normalized spacial score (nSPS) is 13.2. The number of guanidine groups is 1. The van der Waals surface area contributed by atoms with Crippen LogP contribution in [0.3, 0.4) is 0 Å². The zero-order valence-corrected chi connectivity index (χ0v) is 20.8. The second kappa shape index (κ2) is 11.3. The summed E-state index contributed by atoms with van der Waals surface area (Å²) in [7, 11) is 0. The van der Waals surface area contributed by atoms with Crippen LogP contribution in [-0.2, 0) is 13.1 Å². The number of nitrogens with zero attached hydrogens (tertiary/aromatic N) is 2. The number of fused-ring (bicyclic) bond motifs is 1. The van der Waals surface area contributed by atoms with E-state index in [1.54, 1.807) is 11.3 Å². The fourth-order valence-electron chi connectivity index (χ4n) is 3.13. The van der Waals surface area contributed by atoms with E-state index in [2.05, 4.69) is 34.7 Å². The number of aromatic nitrogens is 1. The molecule has 1 aliphatic rings. The minimum Gasteiger partial charge on any atom is -0.490 e. The van der Waals surface area contributed by atoms with Gasteiger partial charge in [-0.25, -0.2) is 9.98 Å². The Hall–Kier alpha value is -2.33. The summed E-state index contributed by atoms with van der Waals surface area (Å²) in [6.45, 7) is 6.73. The first-order valence-electron chi connectivity index (χ1n) is 10.1. The zero-order chi connectivity index (χ0) is 20.8. The highest BCUT2D eigenvalue weighted by molar-refractivity contribution is 14.0. The van der Waals surface area contributed by atoms with E-state index in [1.165, 1.54) is 16.0 Å². The van der Waals surface area contributed by atoms with Gasteiger partial charge in [-0.2, -0.15) is 0 Å². The van der Waals surface area contributed by atoms with Gasteiger partial charge in [0, 0.05) is 23.1 Å². The van der Waals surface area contributed by atoms with Crippen molar-refractivity contribution in [3.8, 4) is 11.5 Å². The quantitative estimate of drug-likeness (QED) is 0.257. The van der Waals surface area contributed by atoms with E-state index in [0.29, 0.717) is 32.3 Å². The molecule has 0 unspecified atom stereocenters. The number of anilines is 1. The van der Waals surface area contributed by atoms with Crippen molar-refractivity contribution in [2.45, 2.75) is 33.4 Å². The van der Waals surface area contributed by atoms with E-state index in [0.717, 1.165) is 29.3 Å². The Balaban J connectivity index is 0.00000272. The van der Waals surface area contributed by atoms with Crippen molar-refractivity contribution < 1.29 is 9.47 Å².